The molecule has 0 fully saturated rings. The lowest BCUT2D eigenvalue weighted by Crippen LogP contribution is -2.28. The van der Waals surface area contributed by atoms with Crippen molar-refractivity contribution >= 4 is 35.1 Å². The van der Waals surface area contributed by atoms with Gasteiger partial charge in [0.1, 0.15) is 0 Å². The van der Waals surface area contributed by atoms with Gasteiger partial charge in [0.2, 0.25) is 0 Å². The predicted molar refractivity (Wildman–Crippen MR) is 89.8 cm³/mol. The van der Waals surface area contributed by atoms with E-state index in [0.29, 0.717) is 22.9 Å². The summed E-state index contributed by atoms with van der Waals surface area (Å²) in [5.41, 5.74) is 1.88. The van der Waals surface area contributed by atoms with Crippen molar-refractivity contribution in [1.29, 1.82) is 0 Å². The summed E-state index contributed by atoms with van der Waals surface area (Å²) in [6.07, 6.45) is -0.578. The average molecular weight is 334 g/mol. The first-order valence-corrected chi connectivity index (χ1v) is 7.19. The van der Waals surface area contributed by atoms with Crippen molar-refractivity contribution in [2.75, 3.05) is 17.7 Å². The van der Waals surface area contributed by atoms with Crippen LogP contribution in [0.3, 0.4) is 0 Å². The zero-order valence-corrected chi connectivity index (χ0v) is 13.2. The first-order valence-electron chi connectivity index (χ1n) is 6.82. The lowest BCUT2D eigenvalue weighted by Gasteiger charge is -2.10. The first-order chi connectivity index (χ1) is 11.1. The zero-order valence-electron chi connectivity index (χ0n) is 12.4. The second-order valence-electron chi connectivity index (χ2n) is 4.60. The van der Waals surface area contributed by atoms with Crippen molar-refractivity contribution in [3.8, 4) is 0 Å². The number of rotatable bonds is 4. The smallest absolute Gasteiger partial charge is 0.411 e. The molecule has 3 N–H and O–H groups in total. The topological polar surface area (TPSA) is 79.5 Å². The highest BCUT2D eigenvalue weighted by molar-refractivity contribution is 6.31. The molecule has 0 aliphatic heterocycles. The van der Waals surface area contributed by atoms with Gasteiger partial charge in [-0.1, -0.05) is 35.9 Å². The normalized spacial score (nSPS) is 9.83. The summed E-state index contributed by atoms with van der Waals surface area (Å²) in [6, 6.07) is 13.6. The minimum Gasteiger partial charge on any atom is -0.453 e. The van der Waals surface area contributed by atoms with Gasteiger partial charge in [0.15, 0.2) is 0 Å². The fourth-order valence-corrected chi connectivity index (χ4v) is 2.04. The van der Waals surface area contributed by atoms with Crippen LogP contribution < -0.4 is 16.0 Å². The van der Waals surface area contributed by atoms with Crippen LogP contribution in [0.15, 0.2) is 48.5 Å². The van der Waals surface area contributed by atoms with E-state index < -0.39 is 6.09 Å². The summed E-state index contributed by atoms with van der Waals surface area (Å²) in [4.78, 5) is 23.1. The number of hydrogen-bond acceptors (Lipinski definition) is 3. The maximum Gasteiger partial charge on any atom is 0.411 e. The van der Waals surface area contributed by atoms with Gasteiger partial charge in [-0.3, -0.25) is 5.32 Å². The van der Waals surface area contributed by atoms with Crippen molar-refractivity contribution in [1.82, 2.24) is 5.32 Å². The van der Waals surface area contributed by atoms with Crippen molar-refractivity contribution in [2.45, 2.75) is 6.54 Å². The summed E-state index contributed by atoms with van der Waals surface area (Å²) in [6.45, 7) is 0.311. The Kier molecular flexibility index (Phi) is 5.82. The third kappa shape index (κ3) is 5.19. The van der Waals surface area contributed by atoms with Crippen LogP contribution in [-0.4, -0.2) is 19.2 Å². The van der Waals surface area contributed by atoms with Gasteiger partial charge < -0.3 is 15.4 Å². The predicted octanol–water partition coefficient (Wildman–Crippen LogP) is 3.84. The van der Waals surface area contributed by atoms with E-state index in [1.807, 2.05) is 18.2 Å². The number of nitrogens with one attached hydrogen (secondary N) is 3. The largest absolute Gasteiger partial charge is 0.453 e. The van der Waals surface area contributed by atoms with Crippen molar-refractivity contribution < 1.29 is 14.3 Å². The van der Waals surface area contributed by atoms with Crippen LogP contribution in [0.4, 0.5) is 21.0 Å². The number of carbonyl (C=O) groups is 2. The highest BCUT2D eigenvalue weighted by atomic mass is 35.5. The molecule has 0 radical (unpaired) electrons. The number of halogens is 1. The molecule has 0 bridgehead atoms. The van der Waals surface area contributed by atoms with Gasteiger partial charge in [0.25, 0.3) is 0 Å². The molecule has 23 heavy (non-hydrogen) atoms. The minimum absolute atomic E-state index is 0.311. The molecule has 0 aliphatic rings. The highest BCUT2D eigenvalue weighted by Crippen LogP contribution is 2.16. The molecule has 2 aromatic carbocycles. The highest BCUT2D eigenvalue weighted by Gasteiger charge is 2.05. The van der Waals surface area contributed by atoms with Gasteiger partial charge in [-0.25, -0.2) is 9.59 Å². The van der Waals surface area contributed by atoms with Crippen LogP contribution in [0.25, 0.3) is 0 Å². The van der Waals surface area contributed by atoms with Crippen LogP contribution in [0.5, 0.6) is 0 Å². The molecule has 0 atom stereocenters. The molecule has 0 saturated heterocycles. The van der Waals surface area contributed by atoms with E-state index in [9.17, 15) is 9.59 Å². The van der Waals surface area contributed by atoms with E-state index in [4.69, 9.17) is 11.6 Å². The van der Waals surface area contributed by atoms with E-state index >= 15 is 0 Å². The molecule has 2 rings (SSSR count). The van der Waals surface area contributed by atoms with Gasteiger partial charge in [-0.2, -0.15) is 0 Å². The molecule has 0 spiro atoms. The fourth-order valence-electron chi connectivity index (χ4n) is 1.84. The summed E-state index contributed by atoms with van der Waals surface area (Å²) in [5.74, 6) is 0. The van der Waals surface area contributed by atoms with Gasteiger partial charge in [-0.05, 0) is 29.8 Å². The van der Waals surface area contributed by atoms with E-state index in [2.05, 4.69) is 20.7 Å². The van der Waals surface area contributed by atoms with Gasteiger partial charge in [-0.15, -0.1) is 0 Å². The van der Waals surface area contributed by atoms with Gasteiger partial charge in [0.05, 0.1) is 7.11 Å². The SMILES string of the molecule is COC(=O)Nc1cccc(NC(=O)NCc2ccccc2Cl)c1. The Morgan fingerprint density at radius 2 is 1.74 bits per heavy atom. The second kappa shape index (κ2) is 8.05. The van der Waals surface area contributed by atoms with Crippen molar-refractivity contribution in [3.05, 3.63) is 59.1 Å². The molecule has 7 heteroatoms. The number of methoxy groups -OCH3 is 1. The number of benzene rings is 2. The molecule has 2 aromatic rings. The van der Waals surface area contributed by atoms with Crippen LogP contribution in [-0.2, 0) is 11.3 Å². The number of urea groups is 1. The number of carbonyl (C=O) groups excluding carboxylic acids is 2. The lowest BCUT2D eigenvalue weighted by atomic mass is 10.2. The second-order valence-corrected chi connectivity index (χ2v) is 5.00. The lowest BCUT2D eigenvalue weighted by molar-refractivity contribution is 0.187. The Morgan fingerprint density at radius 1 is 1.04 bits per heavy atom. The summed E-state index contributed by atoms with van der Waals surface area (Å²) in [5, 5.41) is 8.51. The Labute approximate surface area is 138 Å². The molecule has 0 unspecified atom stereocenters. The Morgan fingerprint density at radius 3 is 2.43 bits per heavy atom. The zero-order chi connectivity index (χ0) is 16.7. The van der Waals surface area contributed by atoms with Crippen LogP contribution >= 0.6 is 11.6 Å². The minimum atomic E-state index is -0.578. The molecule has 6 nitrogen and oxygen atoms in total. The van der Waals surface area contributed by atoms with Crippen LogP contribution in [0.1, 0.15) is 5.56 Å². The monoisotopic (exact) mass is 333 g/mol. The van der Waals surface area contributed by atoms with Crippen molar-refractivity contribution in [3.63, 3.8) is 0 Å². The van der Waals surface area contributed by atoms with Crippen LogP contribution in [0.2, 0.25) is 5.02 Å². The van der Waals surface area contributed by atoms with Gasteiger partial charge >= 0.3 is 12.1 Å². The molecule has 0 aromatic heterocycles. The standard InChI is InChI=1S/C16H16ClN3O3/c1-23-16(22)20-13-7-4-6-12(9-13)19-15(21)18-10-11-5-2-3-8-14(11)17/h2-9H,10H2,1H3,(H,20,22)(H2,18,19,21). The Bertz CT molecular complexity index is 706. The van der Waals surface area contributed by atoms with Gasteiger partial charge in [0, 0.05) is 22.9 Å². The molecule has 0 aliphatic carbocycles. The quantitative estimate of drug-likeness (QED) is 0.795. The van der Waals surface area contributed by atoms with E-state index in [1.165, 1.54) is 7.11 Å². The fraction of sp³-hybridized carbons (Fsp3) is 0.125. The number of amides is 3. The van der Waals surface area contributed by atoms with Crippen LogP contribution in [0, 0.1) is 0 Å². The molecular formula is C16H16ClN3O3. The first kappa shape index (κ1) is 16.6. The third-order valence-electron chi connectivity index (χ3n) is 2.95. The maximum atomic E-state index is 11.9. The molecule has 120 valence electrons. The molecule has 3 amide bonds. The Balaban J connectivity index is 1.91. The summed E-state index contributed by atoms with van der Waals surface area (Å²) < 4.78 is 4.51. The third-order valence-corrected chi connectivity index (χ3v) is 3.32. The molecule has 0 heterocycles. The molecular weight excluding hydrogens is 318 g/mol. The maximum absolute atomic E-state index is 11.9. The Hall–Kier alpha value is -2.73. The number of anilines is 2. The van der Waals surface area contributed by atoms with E-state index in [0.717, 1.165) is 5.56 Å². The number of hydrogen-bond donors (Lipinski definition) is 3. The van der Waals surface area contributed by atoms with E-state index in [1.54, 1.807) is 30.3 Å². The van der Waals surface area contributed by atoms with E-state index in [-0.39, 0.29) is 6.03 Å². The summed E-state index contributed by atoms with van der Waals surface area (Å²) >= 11 is 6.03. The molecule has 0 saturated carbocycles. The van der Waals surface area contributed by atoms with Crippen molar-refractivity contribution in [2.24, 2.45) is 0 Å². The number of ether oxygens (including phenoxy) is 1. The average Bonchev–Trinajstić information content (AvgIpc) is 2.54. The summed E-state index contributed by atoms with van der Waals surface area (Å²) in [7, 11) is 1.28.